The minimum atomic E-state index is -0.598. The number of halogens is 1. The fourth-order valence-electron chi connectivity index (χ4n) is 2.82. The van der Waals surface area contributed by atoms with Gasteiger partial charge in [-0.05, 0) is 43.4 Å². The first kappa shape index (κ1) is 18.6. The van der Waals surface area contributed by atoms with Crippen molar-refractivity contribution in [2.24, 2.45) is 5.92 Å². The molecule has 0 spiro atoms. The predicted molar refractivity (Wildman–Crippen MR) is 92.2 cm³/mol. The highest BCUT2D eigenvalue weighted by molar-refractivity contribution is 6.32. The third-order valence-electron chi connectivity index (χ3n) is 4.25. The van der Waals surface area contributed by atoms with Gasteiger partial charge in [-0.15, -0.1) is 0 Å². The molecule has 24 heavy (non-hydrogen) atoms. The number of nitrogens with one attached hydrogen (secondary N) is 1. The van der Waals surface area contributed by atoms with Gasteiger partial charge in [0.1, 0.15) is 5.75 Å². The molecule has 2 unspecified atom stereocenters. The van der Waals surface area contributed by atoms with E-state index < -0.39 is 5.97 Å². The third kappa shape index (κ3) is 5.71. The number of ether oxygens (including phenoxy) is 2. The van der Waals surface area contributed by atoms with E-state index in [1.807, 2.05) is 13.0 Å². The monoisotopic (exact) mass is 353 g/mol. The minimum absolute atomic E-state index is 0.173. The highest BCUT2D eigenvalue weighted by atomic mass is 35.5. The molecule has 1 saturated carbocycles. The van der Waals surface area contributed by atoms with Crippen LogP contribution in [0, 0.1) is 12.8 Å². The van der Waals surface area contributed by atoms with Gasteiger partial charge in [-0.1, -0.05) is 37.4 Å². The second-order valence-corrected chi connectivity index (χ2v) is 6.73. The maximum absolute atomic E-state index is 11.9. The van der Waals surface area contributed by atoms with Crippen molar-refractivity contribution in [3.8, 4) is 5.75 Å². The van der Waals surface area contributed by atoms with E-state index in [-0.39, 0.29) is 25.2 Å². The Morgan fingerprint density at radius 3 is 2.75 bits per heavy atom. The van der Waals surface area contributed by atoms with Crippen molar-refractivity contribution in [1.82, 2.24) is 5.32 Å². The van der Waals surface area contributed by atoms with Gasteiger partial charge < -0.3 is 14.8 Å². The van der Waals surface area contributed by atoms with Gasteiger partial charge in [0.15, 0.2) is 13.2 Å². The smallest absolute Gasteiger partial charge is 0.344 e. The third-order valence-corrected chi connectivity index (χ3v) is 4.57. The van der Waals surface area contributed by atoms with E-state index in [1.165, 1.54) is 6.42 Å². The molecule has 2 atom stereocenters. The van der Waals surface area contributed by atoms with Crippen LogP contribution < -0.4 is 10.1 Å². The van der Waals surface area contributed by atoms with E-state index in [2.05, 4.69) is 12.2 Å². The molecule has 0 radical (unpaired) electrons. The quantitative estimate of drug-likeness (QED) is 0.797. The Balaban J connectivity index is 1.70. The molecular weight excluding hydrogens is 330 g/mol. The summed E-state index contributed by atoms with van der Waals surface area (Å²) in [7, 11) is 0. The SMILES string of the molecule is Cc1ccc(Cl)c(OCC(=O)OCC(=O)NC2CCCCC2C)c1. The Labute approximate surface area is 147 Å². The van der Waals surface area contributed by atoms with Gasteiger partial charge in [0.2, 0.25) is 0 Å². The largest absolute Gasteiger partial charge is 0.480 e. The summed E-state index contributed by atoms with van der Waals surface area (Å²) in [4.78, 5) is 23.6. The first-order chi connectivity index (χ1) is 11.5. The van der Waals surface area contributed by atoms with Crippen molar-refractivity contribution in [1.29, 1.82) is 0 Å². The molecule has 0 aromatic heterocycles. The summed E-state index contributed by atoms with van der Waals surface area (Å²) in [6.07, 6.45) is 4.44. The normalized spacial score (nSPS) is 20.3. The van der Waals surface area contributed by atoms with Gasteiger partial charge in [-0.2, -0.15) is 0 Å². The van der Waals surface area contributed by atoms with E-state index in [9.17, 15) is 9.59 Å². The summed E-state index contributed by atoms with van der Waals surface area (Å²) in [5.41, 5.74) is 0.976. The van der Waals surface area contributed by atoms with Crippen molar-refractivity contribution >= 4 is 23.5 Å². The molecule has 1 aromatic rings. The molecule has 1 N–H and O–H groups in total. The van der Waals surface area contributed by atoms with Crippen LogP contribution in [0.4, 0.5) is 0 Å². The number of carbonyl (C=O) groups is 2. The summed E-state index contributed by atoms with van der Waals surface area (Å²) < 4.78 is 10.3. The van der Waals surface area contributed by atoms with Gasteiger partial charge in [0.05, 0.1) is 5.02 Å². The first-order valence-corrected chi connectivity index (χ1v) is 8.67. The van der Waals surface area contributed by atoms with Crippen molar-refractivity contribution in [3.63, 3.8) is 0 Å². The summed E-state index contributed by atoms with van der Waals surface area (Å²) in [6, 6.07) is 5.47. The van der Waals surface area contributed by atoms with E-state index in [0.717, 1.165) is 24.8 Å². The topological polar surface area (TPSA) is 64.6 Å². The average molecular weight is 354 g/mol. The number of carbonyl (C=O) groups excluding carboxylic acids is 2. The number of benzene rings is 1. The van der Waals surface area contributed by atoms with E-state index in [0.29, 0.717) is 16.7 Å². The van der Waals surface area contributed by atoms with E-state index in [1.54, 1.807) is 12.1 Å². The summed E-state index contributed by atoms with van der Waals surface area (Å²) in [5.74, 6) is 0.0226. The zero-order chi connectivity index (χ0) is 17.5. The Morgan fingerprint density at radius 1 is 1.25 bits per heavy atom. The summed E-state index contributed by atoms with van der Waals surface area (Å²) >= 11 is 5.99. The first-order valence-electron chi connectivity index (χ1n) is 8.29. The molecule has 0 bridgehead atoms. The van der Waals surface area contributed by atoms with Crippen LogP contribution in [0.2, 0.25) is 5.02 Å². The maximum Gasteiger partial charge on any atom is 0.344 e. The second kappa shape index (κ2) is 8.92. The molecule has 1 aromatic carbocycles. The van der Waals surface area contributed by atoms with Crippen LogP contribution >= 0.6 is 11.6 Å². The molecule has 1 fully saturated rings. The highest BCUT2D eigenvalue weighted by Crippen LogP contribution is 2.25. The van der Waals surface area contributed by atoms with Crippen LogP contribution in [-0.2, 0) is 14.3 Å². The van der Waals surface area contributed by atoms with Crippen LogP contribution in [0.25, 0.3) is 0 Å². The maximum atomic E-state index is 11.9. The number of amides is 1. The fourth-order valence-corrected chi connectivity index (χ4v) is 3.00. The minimum Gasteiger partial charge on any atom is -0.480 e. The molecule has 1 aliphatic rings. The fraction of sp³-hybridized carbons (Fsp3) is 0.556. The zero-order valence-electron chi connectivity index (χ0n) is 14.1. The predicted octanol–water partition coefficient (Wildman–Crippen LogP) is 3.27. The molecule has 132 valence electrons. The van der Waals surface area contributed by atoms with Crippen LogP contribution in [0.5, 0.6) is 5.75 Å². The average Bonchev–Trinajstić information content (AvgIpc) is 2.56. The molecule has 0 saturated heterocycles. The van der Waals surface area contributed by atoms with Crippen LogP contribution in [0.15, 0.2) is 18.2 Å². The molecule has 1 amide bonds. The van der Waals surface area contributed by atoms with Gasteiger partial charge in [-0.3, -0.25) is 4.79 Å². The zero-order valence-corrected chi connectivity index (χ0v) is 14.9. The number of aryl methyl sites for hydroxylation is 1. The van der Waals surface area contributed by atoms with Crippen molar-refractivity contribution in [2.75, 3.05) is 13.2 Å². The molecule has 0 heterocycles. The van der Waals surface area contributed by atoms with Gasteiger partial charge in [0, 0.05) is 6.04 Å². The molecule has 0 aliphatic heterocycles. The molecular formula is C18H24ClNO4. The number of rotatable bonds is 6. The number of hydrogen-bond acceptors (Lipinski definition) is 4. The van der Waals surface area contributed by atoms with Crippen LogP contribution in [0.3, 0.4) is 0 Å². The van der Waals surface area contributed by atoms with Crippen molar-refractivity contribution < 1.29 is 19.1 Å². The summed E-state index contributed by atoms with van der Waals surface area (Å²) in [5, 5.41) is 3.36. The molecule has 5 nitrogen and oxygen atoms in total. The highest BCUT2D eigenvalue weighted by Gasteiger charge is 2.23. The van der Waals surface area contributed by atoms with Gasteiger partial charge >= 0.3 is 5.97 Å². The number of esters is 1. The molecule has 6 heteroatoms. The lowest BCUT2D eigenvalue weighted by molar-refractivity contribution is -0.150. The Morgan fingerprint density at radius 2 is 2.00 bits per heavy atom. The van der Waals surface area contributed by atoms with Crippen molar-refractivity contribution in [3.05, 3.63) is 28.8 Å². The second-order valence-electron chi connectivity index (χ2n) is 6.32. The van der Waals surface area contributed by atoms with Crippen LogP contribution in [-0.4, -0.2) is 31.1 Å². The lowest BCUT2D eigenvalue weighted by Gasteiger charge is -2.29. The molecule has 1 aliphatic carbocycles. The number of hydrogen-bond donors (Lipinski definition) is 1. The lowest BCUT2D eigenvalue weighted by Crippen LogP contribution is -2.43. The Bertz CT molecular complexity index is 590. The summed E-state index contributed by atoms with van der Waals surface area (Å²) in [6.45, 7) is 3.47. The Hall–Kier alpha value is -1.75. The lowest BCUT2D eigenvalue weighted by atomic mass is 9.86. The van der Waals surface area contributed by atoms with Gasteiger partial charge in [-0.25, -0.2) is 4.79 Å². The standard InChI is InChI=1S/C18H24ClNO4/c1-12-7-8-14(19)16(9-12)23-11-18(22)24-10-17(21)20-15-6-4-3-5-13(15)2/h7-9,13,15H,3-6,10-11H2,1-2H3,(H,20,21). The Kier molecular flexibility index (Phi) is 6.91. The van der Waals surface area contributed by atoms with Crippen molar-refractivity contribution in [2.45, 2.75) is 45.6 Å². The molecule has 2 rings (SSSR count). The van der Waals surface area contributed by atoms with E-state index >= 15 is 0 Å². The van der Waals surface area contributed by atoms with Crippen LogP contribution in [0.1, 0.15) is 38.2 Å². The van der Waals surface area contributed by atoms with E-state index in [4.69, 9.17) is 21.1 Å². The van der Waals surface area contributed by atoms with Gasteiger partial charge in [0.25, 0.3) is 5.91 Å².